The molecule has 0 aliphatic rings. The molecule has 0 unspecified atom stereocenters. The lowest BCUT2D eigenvalue weighted by Gasteiger charge is -2.21. The molecule has 0 fully saturated rings. The number of benzene rings is 3. The second-order valence-electron chi connectivity index (χ2n) is 16.7. The van der Waals surface area contributed by atoms with E-state index in [0.717, 1.165) is 105 Å². The van der Waals surface area contributed by atoms with Gasteiger partial charge in [-0.15, -0.1) is 0 Å². The lowest BCUT2D eigenvalue weighted by molar-refractivity contribution is -0.111. The van der Waals surface area contributed by atoms with E-state index >= 15 is 0 Å². The lowest BCUT2D eigenvalue weighted by atomic mass is 10.0. The standard InChI is InChI=1S/C58H78O9/c1-6-9-12-15-18-21-40-65-56-45-57(66-41-22-19-16-13-10-7-2)55(39-33-51(62)44-49(60)31-25-47-28-36-53(64-5)37-29-47)58(67-42-23-20-17-14-11-8-3)54(56)38-32-50(61)43-48(59)30-24-46-26-34-52(63-4)35-27-46/h24-39,43-45,59-60H,6-23,40-42H2,1-5H3/b30-24+,31-25+,38-32+,39-33+,48-43-,49-44-. The van der Waals surface area contributed by atoms with Crippen LogP contribution in [0.4, 0.5) is 0 Å². The summed E-state index contributed by atoms with van der Waals surface area (Å²) < 4.78 is 30.2. The molecule has 0 aromatic heterocycles. The van der Waals surface area contributed by atoms with Crippen molar-refractivity contribution in [2.75, 3.05) is 34.0 Å². The molecule has 0 heterocycles. The van der Waals surface area contributed by atoms with Crippen LogP contribution in [0.3, 0.4) is 0 Å². The van der Waals surface area contributed by atoms with Crippen LogP contribution in [0.25, 0.3) is 24.3 Å². The minimum Gasteiger partial charge on any atom is -0.508 e. The molecule has 0 aliphatic carbocycles. The van der Waals surface area contributed by atoms with E-state index in [9.17, 15) is 19.8 Å². The zero-order valence-electron chi connectivity index (χ0n) is 41.1. The number of unbranched alkanes of at least 4 members (excludes halogenated alkanes) is 15. The fourth-order valence-corrected chi connectivity index (χ4v) is 7.15. The van der Waals surface area contributed by atoms with Crippen molar-refractivity contribution in [3.63, 3.8) is 0 Å². The molecule has 0 saturated heterocycles. The number of ether oxygens (including phenoxy) is 5. The van der Waals surface area contributed by atoms with Crippen LogP contribution in [-0.2, 0) is 9.59 Å². The Morgan fingerprint density at radius 1 is 0.448 bits per heavy atom. The molecule has 9 heteroatoms. The van der Waals surface area contributed by atoms with Gasteiger partial charge in [0.1, 0.15) is 40.3 Å². The highest BCUT2D eigenvalue weighted by Crippen LogP contribution is 2.42. The number of hydrogen-bond acceptors (Lipinski definition) is 9. The summed E-state index contributed by atoms with van der Waals surface area (Å²) in [6, 6.07) is 16.5. The molecule has 3 aromatic carbocycles. The average molecular weight is 919 g/mol. The molecule has 0 bridgehead atoms. The van der Waals surface area contributed by atoms with E-state index in [1.54, 1.807) is 38.5 Å². The third-order valence-corrected chi connectivity index (χ3v) is 11.1. The third kappa shape index (κ3) is 23.4. The van der Waals surface area contributed by atoms with Crippen LogP contribution < -0.4 is 23.7 Å². The van der Waals surface area contributed by atoms with Gasteiger partial charge in [-0.05, 0) is 91.1 Å². The van der Waals surface area contributed by atoms with Crippen LogP contribution in [0.5, 0.6) is 28.7 Å². The van der Waals surface area contributed by atoms with Gasteiger partial charge in [0.2, 0.25) is 0 Å². The van der Waals surface area contributed by atoms with Gasteiger partial charge in [0.05, 0.1) is 45.2 Å². The van der Waals surface area contributed by atoms with Gasteiger partial charge in [0.15, 0.2) is 11.6 Å². The zero-order valence-corrected chi connectivity index (χ0v) is 41.1. The maximum Gasteiger partial charge on any atom is 0.182 e. The van der Waals surface area contributed by atoms with Gasteiger partial charge in [0.25, 0.3) is 0 Å². The monoisotopic (exact) mass is 919 g/mol. The van der Waals surface area contributed by atoms with Crippen molar-refractivity contribution < 1.29 is 43.5 Å². The Balaban J connectivity index is 2.09. The minimum absolute atomic E-state index is 0.208. The molecular weight excluding hydrogens is 841 g/mol. The highest BCUT2D eigenvalue weighted by Gasteiger charge is 2.20. The Morgan fingerprint density at radius 2 is 0.791 bits per heavy atom. The predicted molar refractivity (Wildman–Crippen MR) is 277 cm³/mol. The van der Waals surface area contributed by atoms with Gasteiger partial charge in [-0.25, -0.2) is 0 Å². The van der Waals surface area contributed by atoms with Crippen molar-refractivity contribution in [2.24, 2.45) is 0 Å². The summed E-state index contributed by atoms with van der Waals surface area (Å²) in [7, 11) is 3.20. The van der Waals surface area contributed by atoms with Crippen molar-refractivity contribution in [1.29, 1.82) is 0 Å². The van der Waals surface area contributed by atoms with Gasteiger partial charge in [-0.3, -0.25) is 9.59 Å². The minimum atomic E-state index is -0.445. The molecule has 9 nitrogen and oxygen atoms in total. The van der Waals surface area contributed by atoms with E-state index < -0.39 is 11.6 Å². The van der Waals surface area contributed by atoms with Crippen LogP contribution in [0.15, 0.2) is 103 Å². The maximum absolute atomic E-state index is 13.4. The van der Waals surface area contributed by atoms with E-state index in [-0.39, 0.29) is 11.5 Å². The smallest absolute Gasteiger partial charge is 0.182 e. The summed E-state index contributed by atoms with van der Waals surface area (Å²) in [6.45, 7) is 7.90. The normalized spacial score (nSPS) is 12.2. The Morgan fingerprint density at radius 3 is 1.15 bits per heavy atom. The molecule has 0 aliphatic heterocycles. The average Bonchev–Trinajstić information content (AvgIpc) is 3.33. The predicted octanol–water partition coefficient (Wildman–Crippen LogP) is 15.4. The van der Waals surface area contributed by atoms with E-state index in [0.29, 0.717) is 48.2 Å². The topological polar surface area (TPSA) is 121 Å². The number of aliphatic hydroxyl groups excluding tert-OH is 2. The van der Waals surface area contributed by atoms with Gasteiger partial charge >= 0.3 is 0 Å². The van der Waals surface area contributed by atoms with Crippen molar-refractivity contribution in [3.05, 3.63) is 125 Å². The number of carbonyl (C=O) groups excluding carboxylic acids is 2. The Hall–Kier alpha value is -5.96. The molecule has 364 valence electrons. The zero-order chi connectivity index (χ0) is 48.3. The van der Waals surface area contributed by atoms with E-state index in [4.69, 9.17) is 23.7 Å². The quantitative estimate of drug-likeness (QED) is 0.0254. The molecule has 2 N–H and O–H groups in total. The first-order valence-corrected chi connectivity index (χ1v) is 24.7. The molecule has 0 saturated carbocycles. The molecule has 0 amide bonds. The number of rotatable bonds is 36. The van der Waals surface area contributed by atoms with Crippen LogP contribution in [0, 0.1) is 0 Å². The number of ketones is 2. The van der Waals surface area contributed by atoms with E-state index in [1.807, 2.05) is 54.6 Å². The summed E-state index contributed by atoms with van der Waals surface area (Å²) in [6.07, 6.45) is 34.2. The van der Waals surface area contributed by atoms with Crippen molar-refractivity contribution in [3.8, 4) is 28.7 Å². The highest BCUT2D eigenvalue weighted by atomic mass is 16.5. The van der Waals surface area contributed by atoms with E-state index in [1.165, 1.54) is 69.2 Å². The molecule has 0 radical (unpaired) electrons. The summed E-state index contributed by atoms with van der Waals surface area (Å²) >= 11 is 0. The fraction of sp³-hybridized carbons (Fsp3) is 0.448. The van der Waals surface area contributed by atoms with Crippen molar-refractivity contribution in [2.45, 2.75) is 136 Å². The molecule has 0 atom stereocenters. The largest absolute Gasteiger partial charge is 0.508 e. The molecular formula is C58H78O9. The lowest BCUT2D eigenvalue weighted by Crippen LogP contribution is -2.08. The van der Waals surface area contributed by atoms with E-state index in [2.05, 4.69) is 20.8 Å². The first-order chi connectivity index (χ1) is 32.7. The van der Waals surface area contributed by atoms with Crippen LogP contribution in [0.1, 0.15) is 159 Å². The maximum atomic E-state index is 13.4. The molecule has 0 spiro atoms. The number of aliphatic hydroxyl groups is 2. The SMILES string of the molecule is CCCCCCCCOc1cc(OCCCCCCCC)c(/C=C/C(=O)/C=C(O)/C=C/c2ccc(OC)cc2)c(OCCCCCCCC)c1/C=C/C(=O)/C=C(O)/C=C/c1ccc(OC)cc1. The highest BCUT2D eigenvalue weighted by molar-refractivity contribution is 6.04. The van der Waals surface area contributed by atoms with Crippen molar-refractivity contribution in [1.82, 2.24) is 0 Å². The Kier molecular flexibility index (Phi) is 28.4. The fourth-order valence-electron chi connectivity index (χ4n) is 7.15. The first-order valence-electron chi connectivity index (χ1n) is 24.7. The Labute approximate surface area is 401 Å². The molecule has 67 heavy (non-hydrogen) atoms. The van der Waals surface area contributed by atoms with Gasteiger partial charge in [0, 0.05) is 18.2 Å². The van der Waals surface area contributed by atoms with Crippen LogP contribution in [0.2, 0.25) is 0 Å². The second kappa shape index (κ2) is 34.4. The number of allylic oxidation sites excluding steroid dienone is 6. The van der Waals surface area contributed by atoms with Gasteiger partial charge < -0.3 is 33.9 Å². The van der Waals surface area contributed by atoms with Crippen LogP contribution in [-0.4, -0.2) is 55.8 Å². The molecule has 3 aromatic rings. The second-order valence-corrected chi connectivity index (χ2v) is 16.7. The number of carbonyl (C=O) groups is 2. The molecule has 3 rings (SSSR count). The number of hydrogen-bond donors (Lipinski definition) is 2. The Bertz CT molecular complexity index is 1920. The summed E-state index contributed by atoms with van der Waals surface area (Å²) in [5.41, 5.74) is 2.70. The third-order valence-electron chi connectivity index (χ3n) is 11.1. The van der Waals surface area contributed by atoms with Crippen LogP contribution >= 0.6 is 0 Å². The summed E-state index contributed by atoms with van der Waals surface area (Å²) in [5.74, 6) is 1.53. The number of methoxy groups -OCH3 is 2. The van der Waals surface area contributed by atoms with Gasteiger partial charge in [-0.2, -0.15) is 0 Å². The first kappa shape index (κ1) is 55.4. The summed E-state index contributed by atoms with van der Waals surface area (Å²) in [5, 5.41) is 21.4. The summed E-state index contributed by atoms with van der Waals surface area (Å²) in [4.78, 5) is 26.9. The van der Waals surface area contributed by atoms with Crippen molar-refractivity contribution >= 4 is 35.9 Å². The van der Waals surface area contributed by atoms with Gasteiger partial charge in [-0.1, -0.05) is 154 Å².